The van der Waals surface area contributed by atoms with Crippen molar-refractivity contribution in [1.82, 2.24) is 26.2 Å². The molecule has 0 bridgehead atoms. The van der Waals surface area contributed by atoms with Gasteiger partial charge in [-0.1, -0.05) is 109 Å². The second-order valence-electron chi connectivity index (χ2n) is 15.8. The zero-order chi connectivity index (χ0) is 39.0. The van der Waals surface area contributed by atoms with Crippen LogP contribution in [0.3, 0.4) is 0 Å². The van der Waals surface area contributed by atoms with Crippen LogP contribution in [0.5, 0.6) is 0 Å². The minimum atomic E-state index is -1.01. The van der Waals surface area contributed by atoms with Crippen LogP contribution < -0.4 is 21.3 Å². The van der Waals surface area contributed by atoms with Gasteiger partial charge in [0.05, 0.1) is 25.8 Å². The van der Waals surface area contributed by atoms with Crippen LogP contribution in [0.2, 0.25) is 0 Å². The summed E-state index contributed by atoms with van der Waals surface area (Å²) in [4.78, 5) is 71.0. The average Bonchev–Trinajstić information content (AvgIpc) is 3.12. The predicted octanol–water partition coefficient (Wildman–Crippen LogP) is 4.23. The molecule has 3 rings (SSSR count). The number of ketones is 1. The number of carbonyl (C=O) groups excluding carboxylic acids is 5. The van der Waals surface area contributed by atoms with Crippen molar-refractivity contribution < 1.29 is 28.7 Å². The number of hydrogen-bond acceptors (Lipinski definition) is 7. The molecule has 0 aliphatic carbocycles. The van der Waals surface area contributed by atoms with Crippen molar-refractivity contribution in [1.29, 1.82) is 0 Å². The highest BCUT2D eigenvalue weighted by Crippen LogP contribution is 2.25. The molecule has 1 aliphatic heterocycles. The van der Waals surface area contributed by atoms with E-state index < -0.39 is 47.3 Å². The molecular formula is C42H63N5O6. The van der Waals surface area contributed by atoms with E-state index in [2.05, 4.69) is 21.3 Å². The van der Waals surface area contributed by atoms with E-state index in [9.17, 15) is 24.0 Å². The molecule has 2 aromatic rings. The maximum absolute atomic E-state index is 14.1. The summed E-state index contributed by atoms with van der Waals surface area (Å²) in [5.41, 5.74) is 1.23. The average molecular weight is 734 g/mol. The Balaban J connectivity index is 1.84. The molecule has 1 unspecified atom stereocenters. The Bertz CT molecular complexity index is 1460. The minimum absolute atomic E-state index is 0.0236. The van der Waals surface area contributed by atoms with Gasteiger partial charge >= 0.3 is 0 Å². The van der Waals surface area contributed by atoms with E-state index in [1.807, 2.05) is 114 Å². The number of benzene rings is 2. The van der Waals surface area contributed by atoms with Gasteiger partial charge in [0.1, 0.15) is 18.1 Å². The first-order valence-electron chi connectivity index (χ1n) is 19.3. The smallest absolute Gasteiger partial charge is 0.243 e. The molecule has 1 aliphatic rings. The lowest BCUT2D eigenvalue weighted by atomic mass is 9.79. The zero-order valence-electron chi connectivity index (χ0n) is 32.9. The number of nitrogens with zero attached hydrogens (tertiary/aromatic N) is 1. The molecule has 11 nitrogen and oxygen atoms in total. The van der Waals surface area contributed by atoms with Crippen molar-refractivity contribution in [2.24, 2.45) is 17.3 Å². The fourth-order valence-corrected chi connectivity index (χ4v) is 6.35. The van der Waals surface area contributed by atoms with Crippen molar-refractivity contribution in [2.75, 3.05) is 32.8 Å². The Morgan fingerprint density at radius 1 is 0.679 bits per heavy atom. The van der Waals surface area contributed by atoms with Crippen LogP contribution in [0.1, 0.15) is 85.3 Å². The first-order chi connectivity index (χ1) is 25.2. The Morgan fingerprint density at radius 2 is 1.17 bits per heavy atom. The fourth-order valence-electron chi connectivity index (χ4n) is 6.35. The van der Waals surface area contributed by atoms with E-state index in [0.717, 1.165) is 11.1 Å². The van der Waals surface area contributed by atoms with Gasteiger partial charge < -0.3 is 26.0 Å². The molecule has 11 heteroatoms. The maximum atomic E-state index is 14.1. The highest BCUT2D eigenvalue weighted by molar-refractivity contribution is 5.97. The molecule has 4 amide bonds. The van der Waals surface area contributed by atoms with Gasteiger partial charge in [-0.2, -0.15) is 0 Å². The second-order valence-corrected chi connectivity index (χ2v) is 15.8. The van der Waals surface area contributed by atoms with Gasteiger partial charge in [0.2, 0.25) is 23.6 Å². The fraction of sp³-hybridized carbons (Fsp3) is 0.595. The molecule has 0 spiro atoms. The molecule has 0 aromatic heterocycles. The Kier molecular flexibility index (Phi) is 17.6. The van der Waals surface area contributed by atoms with Gasteiger partial charge in [-0.25, -0.2) is 0 Å². The highest BCUT2D eigenvalue weighted by atomic mass is 16.5. The molecule has 2 aromatic carbocycles. The van der Waals surface area contributed by atoms with Gasteiger partial charge in [-0.15, -0.1) is 0 Å². The number of morpholine rings is 1. The summed E-state index contributed by atoms with van der Waals surface area (Å²) in [5.74, 6) is -1.59. The third kappa shape index (κ3) is 15.1. The first-order valence-corrected chi connectivity index (χ1v) is 19.3. The molecule has 4 atom stereocenters. The lowest BCUT2D eigenvalue weighted by molar-refractivity contribution is -0.136. The van der Waals surface area contributed by atoms with E-state index in [4.69, 9.17) is 4.74 Å². The highest BCUT2D eigenvalue weighted by Gasteiger charge is 2.36. The Morgan fingerprint density at radius 3 is 1.74 bits per heavy atom. The molecule has 0 radical (unpaired) electrons. The molecule has 4 N–H and O–H groups in total. The lowest BCUT2D eigenvalue weighted by Crippen LogP contribution is -2.59. The van der Waals surface area contributed by atoms with Crippen LogP contribution >= 0.6 is 0 Å². The van der Waals surface area contributed by atoms with Crippen molar-refractivity contribution in [3.63, 3.8) is 0 Å². The molecule has 1 fully saturated rings. The molecule has 1 saturated heterocycles. The van der Waals surface area contributed by atoms with Crippen LogP contribution in [0, 0.1) is 17.3 Å². The SMILES string of the molecule is CCC(C)(C)C(=O)[C@@H](CC(C)C)NC(=O)[C@H](Cc1ccccc1)NC(=O)C(CC(C)C)NC(=O)[C@H](CCc1ccccc1)NC(=O)CN1CCOCC1. The Labute approximate surface area is 316 Å². The third-order valence-electron chi connectivity index (χ3n) is 9.83. The van der Waals surface area contributed by atoms with Crippen LogP contribution in [-0.2, 0) is 41.6 Å². The van der Waals surface area contributed by atoms with E-state index >= 15 is 0 Å². The molecule has 1 heterocycles. The van der Waals surface area contributed by atoms with Crippen LogP contribution in [0.25, 0.3) is 0 Å². The number of aryl methyl sites for hydroxylation is 1. The number of ether oxygens (including phenoxy) is 1. The molecule has 0 saturated carbocycles. The number of rotatable bonds is 21. The van der Waals surface area contributed by atoms with Gasteiger partial charge in [-0.05, 0) is 55.1 Å². The van der Waals surface area contributed by atoms with Gasteiger partial charge in [0, 0.05) is 24.9 Å². The molecule has 292 valence electrons. The number of Topliss-reactive ketones (excluding diaryl/α,β-unsaturated/α-hetero) is 1. The maximum Gasteiger partial charge on any atom is 0.243 e. The summed E-state index contributed by atoms with van der Waals surface area (Å²) >= 11 is 0. The summed E-state index contributed by atoms with van der Waals surface area (Å²) in [7, 11) is 0. The van der Waals surface area contributed by atoms with Crippen molar-refractivity contribution in [2.45, 2.75) is 111 Å². The van der Waals surface area contributed by atoms with Crippen molar-refractivity contribution >= 4 is 29.4 Å². The van der Waals surface area contributed by atoms with Crippen molar-refractivity contribution in [3.8, 4) is 0 Å². The topological polar surface area (TPSA) is 146 Å². The van der Waals surface area contributed by atoms with E-state index in [1.54, 1.807) is 0 Å². The van der Waals surface area contributed by atoms with Crippen molar-refractivity contribution in [3.05, 3.63) is 71.8 Å². The summed E-state index contributed by atoms with van der Waals surface area (Å²) < 4.78 is 5.41. The quantitative estimate of drug-likeness (QED) is 0.150. The van der Waals surface area contributed by atoms with Gasteiger partial charge in [0.25, 0.3) is 0 Å². The standard InChI is InChI=1S/C42H63N5O6/c1-8-42(6,7)38(49)34(25-29(2)3)44-41(52)36(27-32-17-13-10-14-18-32)46-40(51)35(26-30(4)5)45-39(50)33(20-19-31-15-11-9-12-16-31)43-37(48)28-47-21-23-53-24-22-47/h9-18,29-30,33-36H,8,19-28H2,1-7H3,(H,43,48)(H,44,52)(H,45,50)(H,46,51)/t33-,34+,35?,36-/m0/s1. The summed E-state index contributed by atoms with van der Waals surface area (Å²) in [6.07, 6.45) is 2.47. The monoisotopic (exact) mass is 733 g/mol. The van der Waals surface area contributed by atoms with Crippen LogP contribution in [-0.4, -0.2) is 91.3 Å². The summed E-state index contributed by atoms with van der Waals surface area (Å²) in [5, 5.41) is 11.8. The normalized spacial score (nSPS) is 15.9. The summed E-state index contributed by atoms with van der Waals surface area (Å²) in [6, 6.07) is 15.5. The molecule has 53 heavy (non-hydrogen) atoms. The van der Waals surface area contributed by atoms with Crippen LogP contribution in [0.4, 0.5) is 0 Å². The lowest BCUT2D eigenvalue weighted by Gasteiger charge is -2.31. The molecular weight excluding hydrogens is 670 g/mol. The number of nitrogens with one attached hydrogen (secondary N) is 4. The summed E-state index contributed by atoms with van der Waals surface area (Å²) in [6.45, 7) is 16.1. The van der Waals surface area contributed by atoms with E-state index in [-0.39, 0.29) is 36.5 Å². The largest absolute Gasteiger partial charge is 0.379 e. The third-order valence-corrected chi connectivity index (χ3v) is 9.83. The van der Waals surface area contributed by atoms with Gasteiger partial charge in [0.15, 0.2) is 5.78 Å². The van der Waals surface area contributed by atoms with E-state index in [0.29, 0.717) is 58.4 Å². The second kappa shape index (κ2) is 21.6. The number of carbonyl (C=O) groups is 5. The van der Waals surface area contributed by atoms with E-state index in [1.165, 1.54) is 0 Å². The number of amides is 4. The van der Waals surface area contributed by atoms with Gasteiger partial charge in [-0.3, -0.25) is 28.9 Å². The zero-order valence-corrected chi connectivity index (χ0v) is 32.9. The minimum Gasteiger partial charge on any atom is -0.379 e. The Hall–Kier alpha value is -4.09. The van der Waals surface area contributed by atoms with Crippen LogP contribution in [0.15, 0.2) is 60.7 Å². The first kappa shape index (κ1) is 43.3. The predicted molar refractivity (Wildman–Crippen MR) is 208 cm³/mol. The number of hydrogen-bond donors (Lipinski definition) is 4.